The molecule has 1 aliphatic heterocycles. The van der Waals surface area contributed by atoms with E-state index in [4.69, 9.17) is 15.0 Å². The molecule has 2 unspecified atom stereocenters. The minimum atomic E-state index is 0.126. The van der Waals surface area contributed by atoms with Gasteiger partial charge in [-0.2, -0.15) is 0 Å². The van der Waals surface area contributed by atoms with Crippen molar-refractivity contribution in [3.05, 3.63) is 218 Å². The smallest absolute Gasteiger partial charge is 0.137 e. The van der Waals surface area contributed by atoms with E-state index in [0.29, 0.717) is 0 Å². The summed E-state index contributed by atoms with van der Waals surface area (Å²) in [6, 6.07) is 51.8. The molecule has 13 rings (SSSR count). The van der Waals surface area contributed by atoms with Gasteiger partial charge in [-0.25, -0.2) is 9.97 Å². The summed E-state index contributed by atoms with van der Waals surface area (Å²) < 4.78 is 4.48. The van der Waals surface area contributed by atoms with Crippen molar-refractivity contribution >= 4 is 66.5 Å². The second-order valence-corrected chi connectivity index (χ2v) is 17.3. The lowest BCUT2D eigenvalue weighted by molar-refractivity contribution is 0.897. The van der Waals surface area contributed by atoms with E-state index in [-0.39, 0.29) is 11.2 Å². The number of nitrogens with zero attached hydrogens (tertiary/aromatic N) is 7. The van der Waals surface area contributed by atoms with E-state index in [9.17, 15) is 0 Å². The maximum atomic E-state index is 4.76. The van der Waals surface area contributed by atoms with Crippen LogP contribution in [-0.4, -0.2) is 39.3 Å². The molecule has 7 nitrogen and oxygen atoms in total. The molecule has 0 N–H and O–H groups in total. The van der Waals surface area contributed by atoms with Crippen molar-refractivity contribution in [1.29, 1.82) is 0 Å². The zero-order chi connectivity index (χ0) is 41.4. The molecule has 2 atom stereocenters. The zero-order valence-corrected chi connectivity index (χ0v) is 34.6. The lowest BCUT2D eigenvalue weighted by Crippen LogP contribution is -2.15. The summed E-state index contributed by atoms with van der Waals surface area (Å²) >= 11 is 1.97. The first-order chi connectivity index (χ1) is 31.2. The molecule has 4 aromatic carbocycles. The van der Waals surface area contributed by atoms with Gasteiger partial charge in [0.2, 0.25) is 0 Å². The van der Waals surface area contributed by atoms with Crippen LogP contribution in [0.4, 0.5) is 0 Å². The molecule has 2 aliphatic rings. The quantitative estimate of drug-likeness (QED) is 0.166. The van der Waals surface area contributed by atoms with Crippen LogP contribution < -0.4 is 0 Å². The number of aromatic nitrogens is 7. The Labute approximate surface area is 366 Å². The van der Waals surface area contributed by atoms with E-state index in [1.54, 1.807) is 0 Å². The third-order valence-electron chi connectivity index (χ3n) is 12.7. The van der Waals surface area contributed by atoms with Crippen LogP contribution in [0.1, 0.15) is 22.6 Å². The van der Waals surface area contributed by atoms with E-state index >= 15 is 0 Å². The zero-order valence-electron chi connectivity index (χ0n) is 33.7. The Morgan fingerprint density at radius 3 is 1.70 bits per heavy atom. The fourth-order valence-corrected chi connectivity index (χ4v) is 11.3. The van der Waals surface area contributed by atoms with Gasteiger partial charge in [-0.05, 0) is 130 Å². The molecule has 0 bridgehead atoms. The van der Waals surface area contributed by atoms with Gasteiger partial charge in [-0.15, -0.1) is 11.8 Å². The maximum absolute atomic E-state index is 4.76. The van der Waals surface area contributed by atoms with Crippen LogP contribution >= 0.6 is 11.8 Å². The van der Waals surface area contributed by atoms with Gasteiger partial charge in [0.15, 0.2) is 0 Å². The number of pyridine rings is 5. The number of hydrogen-bond acceptors (Lipinski definition) is 6. The topological polar surface area (TPSA) is 74.3 Å². The van der Waals surface area contributed by atoms with Gasteiger partial charge in [0.05, 0.1) is 27.8 Å². The Morgan fingerprint density at radius 2 is 1.05 bits per heavy atom. The average molecular weight is 826 g/mol. The van der Waals surface area contributed by atoms with Gasteiger partial charge in [0.1, 0.15) is 11.6 Å². The first kappa shape index (κ1) is 35.8. The molecule has 0 radical (unpaired) electrons. The molecule has 8 heteroatoms. The highest BCUT2D eigenvalue weighted by molar-refractivity contribution is 8.00. The summed E-state index contributed by atoms with van der Waals surface area (Å²) in [5, 5.41) is 4.67. The van der Waals surface area contributed by atoms with Gasteiger partial charge in [-0.1, -0.05) is 66.7 Å². The summed E-state index contributed by atoms with van der Waals surface area (Å²) in [6.07, 6.45) is 18.2. The monoisotopic (exact) mass is 825 g/mol. The lowest BCUT2D eigenvalue weighted by atomic mass is 9.80. The van der Waals surface area contributed by atoms with E-state index in [1.807, 2.05) is 85.5 Å². The summed E-state index contributed by atoms with van der Waals surface area (Å²) in [7, 11) is 0. The number of rotatable bonds is 6. The molecule has 8 heterocycles. The van der Waals surface area contributed by atoms with Crippen LogP contribution in [-0.2, 0) is 0 Å². The minimum absolute atomic E-state index is 0.126. The van der Waals surface area contributed by atoms with Crippen LogP contribution in [0.25, 0.3) is 88.8 Å². The van der Waals surface area contributed by atoms with Gasteiger partial charge in [0, 0.05) is 86.5 Å². The van der Waals surface area contributed by atoms with Crippen LogP contribution in [0.2, 0.25) is 0 Å². The summed E-state index contributed by atoms with van der Waals surface area (Å²) in [5.41, 5.74) is 15.0. The predicted molar refractivity (Wildman–Crippen MR) is 256 cm³/mol. The predicted octanol–water partition coefficient (Wildman–Crippen LogP) is 12.9. The van der Waals surface area contributed by atoms with Crippen LogP contribution in [0.15, 0.2) is 206 Å². The van der Waals surface area contributed by atoms with E-state index < -0.39 is 0 Å². The second-order valence-electron chi connectivity index (χ2n) is 16.1. The minimum Gasteiger partial charge on any atom is -0.294 e. The second kappa shape index (κ2) is 14.3. The van der Waals surface area contributed by atoms with Gasteiger partial charge >= 0.3 is 0 Å². The van der Waals surface area contributed by atoms with Crippen molar-refractivity contribution in [2.75, 3.05) is 0 Å². The van der Waals surface area contributed by atoms with Crippen molar-refractivity contribution in [2.24, 2.45) is 0 Å². The van der Waals surface area contributed by atoms with Crippen molar-refractivity contribution in [1.82, 2.24) is 34.1 Å². The van der Waals surface area contributed by atoms with Crippen molar-refractivity contribution in [3.8, 4) is 34.0 Å². The Bertz CT molecular complexity index is 3670. The SMILES string of the molecule is C1=C(c2ccc3c(c2)c2cnccc2n3-c2ccccn2)C=C(c2ccc3c(c2)c2cnccc2n3-c2ccccn2)C2Sc3ccc(-c4ccccc4-c4ccccn4)cc3C12. The molecule has 0 fully saturated rings. The van der Waals surface area contributed by atoms with Crippen molar-refractivity contribution in [2.45, 2.75) is 16.1 Å². The molecule has 1 aliphatic carbocycles. The first-order valence-electron chi connectivity index (χ1n) is 21.1. The standard InChI is InChI=1S/C55H35N7S/c1-2-10-39(47-11-3-6-22-58-47)38(9-1)35-16-19-52-43(29-35)44-31-37(34-14-17-48-41(27-34)45-32-56-25-20-50(45)61(48)53-12-4-7-23-59-53)30-40(55(44)63-52)36-15-18-49-42(28-36)46-33-57-26-21-51(46)62(49)54-13-5-8-24-60-54/h1-33,44,55H. The van der Waals surface area contributed by atoms with E-state index in [2.05, 4.69) is 147 Å². The fourth-order valence-electron chi connectivity index (χ4n) is 9.85. The first-order valence-corrected chi connectivity index (χ1v) is 22.0. The highest BCUT2D eigenvalue weighted by atomic mass is 32.2. The molecule has 0 amide bonds. The largest absolute Gasteiger partial charge is 0.294 e. The number of benzene rings is 4. The highest BCUT2D eigenvalue weighted by Crippen LogP contribution is 2.56. The molecule has 0 saturated carbocycles. The van der Waals surface area contributed by atoms with Gasteiger partial charge in [-0.3, -0.25) is 24.1 Å². The number of hydrogen-bond donors (Lipinski definition) is 0. The third kappa shape index (κ3) is 5.72. The third-order valence-corrected chi connectivity index (χ3v) is 14.1. The molecular formula is C55H35N7S. The molecular weight excluding hydrogens is 791 g/mol. The van der Waals surface area contributed by atoms with Crippen LogP contribution in [0.3, 0.4) is 0 Å². The molecule has 0 saturated heterocycles. The molecule has 7 aromatic heterocycles. The normalized spacial score (nSPS) is 15.7. The number of allylic oxidation sites excluding steroid dienone is 3. The van der Waals surface area contributed by atoms with E-state index in [1.165, 1.54) is 38.3 Å². The number of thioether (sulfide) groups is 1. The average Bonchev–Trinajstić information content (AvgIpc) is 4.01. The number of fused-ring (bicyclic) bond motifs is 9. The fraction of sp³-hybridized carbons (Fsp3) is 0.0364. The molecule has 11 aromatic rings. The Hall–Kier alpha value is -7.94. The lowest BCUT2D eigenvalue weighted by Gasteiger charge is -2.27. The Balaban J connectivity index is 1.00. The van der Waals surface area contributed by atoms with Gasteiger partial charge in [0.25, 0.3) is 0 Å². The summed E-state index contributed by atoms with van der Waals surface area (Å²) in [6.45, 7) is 0. The summed E-state index contributed by atoms with van der Waals surface area (Å²) in [4.78, 5) is 24.7. The highest BCUT2D eigenvalue weighted by Gasteiger charge is 2.38. The Morgan fingerprint density at radius 1 is 0.460 bits per heavy atom. The van der Waals surface area contributed by atoms with Crippen LogP contribution in [0, 0.1) is 0 Å². The molecule has 296 valence electrons. The molecule has 63 heavy (non-hydrogen) atoms. The van der Waals surface area contributed by atoms with Gasteiger partial charge < -0.3 is 0 Å². The Kier molecular flexibility index (Phi) is 8.14. The molecule has 0 spiro atoms. The van der Waals surface area contributed by atoms with E-state index in [0.717, 1.165) is 72.1 Å². The van der Waals surface area contributed by atoms with Crippen LogP contribution in [0.5, 0.6) is 0 Å². The summed E-state index contributed by atoms with van der Waals surface area (Å²) in [5.74, 6) is 1.89. The maximum Gasteiger partial charge on any atom is 0.137 e. The van der Waals surface area contributed by atoms with Crippen molar-refractivity contribution < 1.29 is 0 Å². The van der Waals surface area contributed by atoms with Crippen molar-refractivity contribution in [3.63, 3.8) is 0 Å².